The third kappa shape index (κ3) is 1.70. The van der Waals surface area contributed by atoms with Crippen LogP contribution in [0.15, 0.2) is 0 Å². The van der Waals surface area contributed by atoms with Crippen LogP contribution in [0.2, 0.25) is 0 Å². The van der Waals surface area contributed by atoms with Crippen LogP contribution in [0.3, 0.4) is 0 Å². The maximum absolute atomic E-state index is 10.7. The van der Waals surface area contributed by atoms with Gasteiger partial charge in [-0.15, -0.1) is 5.18 Å². The highest BCUT2D eigenvalue weighted by atomic mass is 32.2. The van der Waals surface area contributed by atoms with Crippen LogP contribution in [0.25, 0.3) is 0 Å². The highest BCUT2D eigenvalue weighted by Crippen LogP contribution is 2.30. The van der Waals surface area contributed by atoms with Gasteiger partial charge in [-0.2, -0.15) is 9.44 Å². The standard InChI is InChI=1S/C7H13NO2S/c1-4-11(2,3)6-5-10-7(9)8-6/h6H,5H2,1-3H3,(H,8,9). The molecule has 1 amide bonds. The Balaban J connectivity index is 2.77. The Kier molecular flexibility index (Phi) is 2.16. The smallest absolute Gasteiger partial charge is 0.408 e. The number of hydrogen-bond donors (Lipinski definition) is 1. The molecule has 1 heterocycles. The minimum absolute atomic E-state index is 0.153. The lowest BCUT2D eigenvalue weighted by molar-refractivity contribution is 0.178. The highest BCUT2D eigenvalue weighted by Gasteiger charge is 2.26. The molecule has 0 radical (unpaired) electrons. The molecule has 1 unspecified atom stereocenters. The van der Waals surface area contributed by atoms with Gasteiger partial charge in [-0.25, -0.2) is 4.79 Å². The van der Waals surface area contributed by atoms with E-state index in [9.17, 15) is 4.79 Å². The lowest BCUT2D eigenvalue weighted by Gasteiger charge is -2.18. The third-order valence-electron chi connectivity index (χ3n) is 1.88. The number of cyclic esters (lactones) is 1. The summed E-state index contributed by atoms with van der Waals surface area (Å²) in [4.78, 5) is 10.7. The number of amides is 1. The minimum Gasteiger partial charge on any atom is -0.446 e. The lowest BCUT2D eigenvalue weighted by atomic mass is 10.7. The Morgan fingerprint density at radius 2 is 2.36 bits per heavy atom. The van der Waals surface area contributed by atoms with E-state index in [0.29, 0.717) is 6.61 Å². The van der Waals surface area contributed by atoms with Gasteiger partial charge in [0.1, 0.15) is 12.0 Å². The molecule has 1 N–H and O–H groups in total. The fraction of sp³-hybridized carbons (Fsp3) is 0.714. The molecule has 0 spiro atoms. The van der Waals surface area contributed by atoms with Gasteiger partial charge in [0, 0.05) is 0 Å². The van der Waals surface area contributed by atoms with Crippen molar-refractivity contribution >= 4 is 15.5 Å². The first-order valence-corrected chi connectivity index (χ1v) is 5.91. The molecular formula is C7H13NO2S. The molecule has 0 bridgehead atoms. The van der Waals surface area contributed by atoms with Crippen molar-refractivity contribution in [3.63, 3.8) is 0 Å². The molecule has 1 aliphatic heterocycles. The van der Waals surface area contributed by atoms with E-state index in [1.54, 1.807) is 0 Å². The summed E-state index contributed by atoms with van der Waals surface area (Å²) >= 11 is 0. The Morgan fingerprint density at radius 3 is 2.73 bits per heavy atom. The first kappa shape index (κ1) is 8.50. The van der Waals surface area contributed by atoms with E-state index < -0.39 is 9.44 Å². The van der Waals surface area contributed by atoms with E-state index >= 15 is 0 Å². The van der Waals surface area contributed by atoms with Crippen LogP contribution in [0.4, 0.5) is 4.79 Å². The zero-order chi connectivity index (χ0) is 8.48. The monoisotopic (exact) mass is 175 g/mol. The Bertz CT molecular complexity index is 275. The van der Waals surface area contributed by atoms with Crippen LogP contribution in [0.1, 0.15) is 6.92 Å². The van der Waals surface area contributed by atoms with Gasteiger partial charge in [0.05, 0.1) is 0 Å². The first-order valence-electron chi connectivity index (χ1n) is 3.40. The number of carbonyl (C=O) groups excluding carboxylic acids is 1. The van der Waals surface area contributed by atoms with E-state index in [-0.39, 0.29) is 11.5 Å². The summed E-state index contributed by atoms with van der Waals surface area (Å²) in [6.45, 7) is 2.39. The Morgan fingerprint density at radius 1 is 1.73 bits per heavy atom. The van der Waals surface area contributed by atoms with Crippen LogP contribution in [-0.4, -0.2) is 30.6 Å². The fourth-order valence-corrected chi connectivity index (χ4v) is 1.91. The average Bonchev–Trinajstić information content (AvgIpc) is 2.36. The summed E-state index contributed by atoms with van der Waals surface area (Å²) < 4.78 is 4.78. The molecule has 1 fully saturated rings. The molecule has 1 rings (SSSR count). The Labute approximate surface area is 67.6 Å². The first-order chi connectivity index (χ1) is 5.06. The quantitative estimate of drug-likeness (QED) is 0.598. The van der Waals surface area contributed by atoms with Gasteiger partial charge < -0.3 is 10.1 Å². The normalized spacial score (nSPS) is 23.9. The van der Waals surface area contributed by atoms with E-state index in [4.69, 9.17) is 4.74 Å². The highest BCUT2D eigenvalue weighted by molar-refractivity contribution is 8.23. The van der Waals surface area contributed by atoms with Crippen molar-refractivity contribution < 1.29 is 9.53 Å². The zero-order valence-corrected chi connectivity index (χ0v) is 7.83. The van der Waals surface area contributed by atoms with Crippen LogP contribution in [0, 0.1) is 5.18 Å². The van der Waals surface area contributed by atoms with Crippen molar-refractivity contribution in [2.45, 2.75) is 12.3 Å². The second kappa shape index (κ2) is 2.80. The summed E-state index contributed by atoms with van der Waals surface area (Å²) in [7, 11) is -0.938. The molecule has 4 heteroatoms. The predicted molar refractivity (Wildman–Crippen MR) is 47.3 cm³/mol. The summed E-state index contributed by atoms with van der Waals surface area (Å²) in [5, 5.41) is 6.10. The number of carbonyl (C=O) groups is 1. The van der Waals surface area contributed by atoms with Crippen molar-refractivity contribution in [2.75, 3.05) is 19.1 Å². The second-order valence-electron chi connectivity index (χ2n) is 2.84. The maximum atomic E-state index is 10.7. The average molecular weight is 175 g/mol. The molecule has 1 saturated heterocycles. The van der Waals surface area contributed by atoms with Gasteiger partial charge in [0.2, 0.25) is 0 Å². The van der Waals surface area contributed by atoms with Crippen molar-refractivity contribution in [3.8, 4) is 5.18 Å². The Hall–Kier alpha value is -0.600. The van der Waals surface area contributed by atoms with Crippen molar-refractivity contribution in [2.24, 2.45) is 0 Å². The molecule has 0 aliphatic carbocycles. The molecule has 3 nitrogen and oxygen atoms in total. The maximum Gasteiger partial charge on any atom is 0.408 e. The number of rotatable bonds is 0. The molecule has 0 aromatic carbocycles. The topological polar surface area (TPSA) is 38.3 Å². The van der Waals surface area contributed by atoms with Gasteiger partial charge in [0.25, 0.3) is 0 Å². The third-order valence-corrected chi connectivity index (χ3v) is 4.61. The van der Waals surface area contributed by atoms with Crippen LogP contribution < -0.4 is 5.32 Å². The second-order valence-corrected chi connectivity index (χ2v) is 6.63. The van der Waals surface area contributed by atoms with Gasteiger partial charge in [-0.05, 0) is 19.4 Å². The van der Waals surface area contributed by atoms with E-state index in [1.165, 1.54) is 0 Å². The number of nitrogens with one attached hydrogen (secondary N) is 1. The van der Waals surface area contributed by atoms with Gasteiger partial charge in [-0.3, -0.25) is 0 Å². The van der Waals surface area contributed by atoms with Crippen LogP contribution in [0.5, 0.6) is 0 Å². The largest absolute Gasteiger partial charge is 0.446 e. The number of ether oxygens (including phenoxy) is 1. The van der Waals surface area contributed by atoms with E-state index in [2.05, 4.69) is 23.0 Å². The summed E-state index contributed by atoms with van der Waals surface area (Å²) in [5.41, 5.74) is 0. The van der Waals surface area contributed by atoms with Crippen LogP contribution >= 0.6 is 9.44 Å². The van der Waals surface area contributed by atoms with E-state index in [0.717, 1.165) is 0 Å². The molecule has 11 heavy (non-hydrogen) atoms. The molecule has 0 saturated carbocycles. The number of hydrogen-bond acceptors (Lipinski definition) is 2. The molecule has 0 aromatic rings. The SMILES string of the molecule is CC#S(C)(C)C1COC(=O)N1. The minimum atomic E-state index is -0.938. The van der Waals surface area contributed by atoms with Crippen molar-refractivity contribution in [1.82, 2.24) is 5.32 Å². The fourth-order valence-electron chi connectivity index (χ4n) is 0.826. The van der Waals surface area contributed by atoms with Crippen molar-refractivity contribution in [1.29, 1.82) is 0 Å². The number of alkyl carbamates (subject to hydrolysis) is 1. The van der Waals surface area contributed by atoms with E-state index in [1.807, 2.05) is 6.92 Å². The molecular weight excluding hydrogens is 162 g/mol. The summed E-state index contributed by atoms with van der Waals surface area (Å²) in [6, 6.07) is 0. The molecule has 64 valence electrons. The summed E-state index contributed by atoms with van der Waals surface area (Å²) in [6.07, 6.45) is 3.91. The lowest BCUT2D eigenvalue weighted by Crippen LogP contribution is -2.26. The zero-order valence-electron chi connectivity index (χ0n) is 7.01. The van der Waals surface area contributed by atoms with Gasteiger partial charge in [0.15, 0.2) is 0 Å². The van der Waals surface area contributed by atoms with Crippen molar-refractivity contribution in [3.05, 3.63) is 0 Å². The molecule has 1 aliphatic rings. The van der Waals surface area contributed by atoms with Crippen LogP contribution in [-0.2, 0) is 4.74 Å². The predicted octanol–water partition coefficient (Wildman–Crippen LogP) is 1.10. The molecule has 0 aromatic heterocycles. The van der Waals surface area contributed by atoms with Gasteiger partial charge >= 0.3 is 6.09 Å². The van der Waals surface area contributed by atoms with Gasteiger partial charge in [-0.1, -0.05) is 0 Å². The molecule has 1 atom stereocenters. The summed E-state index contributed by atoms with van der Waals surface area (Å²) in [5.74, 6) is 0.